The van der Waals surface area contributed by atoms with Gasteiger partial charge in [0.15, 0.2) is 11.6 Å². The summed E-state index contributed by atoms with van der Waals surface area (Å²) in [5, 5.41) is 23.8. The smallest absolute Gasteiger partial charge is 0.306 e. The van der Waals surface area contributed by atoms with Crippen LogP contribution in [0.3, 0.4) is 0 Å². The molecular weight excluding hydrogens is 520 g/mol. The number of ketones is 1. The van der Waals surface area contributed by atoms with Crippen LogP contribution in [0.4, 0.5) is 0 Å². The first-order valence-electron chi connectivity index (χ1n) is 16.2. The Morgan fingerprint density at radius 2 is 1.66 bits per heavy atom. The number of hydrogen-bond donors (Lipinski definition) is 2. The van der Waals surface area contributed by atoms with Gasteiger partial charge >= 0.3 is 5.97 Å². The average molecular weight is 573 g/mol. The molecule has 2 N–H and O–H groups in total. The van der Waals surface area contributed by atoms with Crippen LogP contribution in [0.1, 0.15) is 119 Å². The number of unbranched alkanes of at least 4 members (excludes halogenated alkanes) is 8. The molecule has 230 valence electrons. The SMILES string of the molecule is CCCCCCCCCCCC(=O)O[C@@]12CC[C@]34C=C(C)[C@H](O)[C@@]3(O)[C@@H]3OC(C)(C)OCC3=C[C@H](C4=O)[C@@H]1C2(C)C. The van der Waals surface area contributed by atoms with Gasteiger partial charge < -0.3 is 24.4 Å². The summed E-state index contributed by atoms with van der Waals surface area (Å²) in [6.45, 7) is 11.9. The molecule has 4 aliphatic carbocycles. The first kappa shape index (κ1) is 30.9. The maximum Gasteiger partial charge on any atom is 0.306 e. The molecule has 41 heavy (non-hydrogen) atoms. The largest absolute Gasteiger partial charge is 0.458 e. The molecule has 3 fully saturated rings. The maximum atomic E-state index is 14.6. The molecule has 1 heterocycles. The second kappa shape index (κ2) is 10.9. The fraction of sp³-hybridized carbons (Fsp3) is 0.824. The van der Waals surface area contributed by atoms with Crippen LogP contribution in [0.25, 0.3) is 0 Å². The van der Waals surface area contributed by atoms with Crippen molar-refractivity contribution in [2.75, 3.05) is 6.61 Å². The third-order valence-corrected chi connectivity index (χ3v) is 11.2. The van der Waals surface area contributed by atoms with E-state index in [1.165, 1.54) is 38.5 Å². The fourth-order valence-corrected chi connectivity index (χ4v) is 8.84. The van der Waals surface area contributed by atoms with E-state index in [9.17, 15) is 19.8 Å². The van der Waals surface area contributed by atoms with Gasteiger partial charge in [-0.05, 0) is 51.2 Å². The molecule has 5 rings (SSSR count). The number of esters is 1. The minimum absolute atomic E-state index is 0.119. The lowest BCUT2D eigenvalue weighted by molar-refractivity contribution is -0.300. The van der Waals surface area contributed by atoms with Gasteiger partial charge in [-0.15, -0.1) is 0 Å². The zero-order valence-electron chi connectivity index (χ0n) is 26.1. The molecule has 1 aliphatic heterocycles. The summed E-state index contributed by atoms with van der Waals surface area (Å²) in [5.74, 6) is -2.09. The van der Waals surface area contributed by atoms with Crippen LogP contribution in [-0.2, 0) is 23.8 Å². The molecule has 0 aromatic carbocycles. The summed E-state index contributed by atoms with van der Waals surface area (Å²) >= 11 is 0. The van der Waals surface area contributed by atoms with Crippen LogP contribution >= 0.6 is 0 Å². The number of allylic oxidation sites excluding steroid dienone is 1. The molecule has 0 amide bonds. The highest BCUT2D eigenvalue weighted by Gasteiger charge is 2.82. The Labute approximate surface area is 246 Å². The van der Waals surface area contributed by atoms with E-state index in [4.69, 9.17) is 14.2 Å². The van der Waals surface area contributed by atoms with E-state index < -0.39 is 45.9 Å². The molecule has 5 aliphatic rings. The van der Waals surface area contributed by atoms with E-state index in [1.54, 1.807) is 26.8 Å². The molecule has 7 nitrogen and oxygen atoms in total. The Hall–Kier alpha value is -1.54. The molecule has 7 atom stereocenters. The maximum absolute atomic E-state index is 14.6. The molecule has 2 bridgehead atoms. The molecule has 0 radical (unpaired) electrons. The van der Waals surface area contributed by atoms with Crippen LogP contribution in [0, 0.1) is 22.7 Å². The van der Waals surface area contributed by atoms with Gasteiger partial charge in [-0.3, -0.25) is 9.59 Å². The lowest BCUT2D eigenvalue weighted by atomic mass is 9.63. The van der Waals surface area contributed by atoms with Crippen molar-refractivity contribution in [3.05, 3.63) is 23.3 Å². The van der Waals surface area contributed by atoms with Gasteiger partial charge in [0.05, 0.1) is 12.0 Å². The number of aliphatic hydroxyl groups excluding tert-OH is 1. The van der Waals surface area contributed by atoms with Gasteiger partial charge in [0.1, 0.15) is 23.4 Å². The van der Waals surface area contributed by atoms with Crippen molar-refractivity contribution in [2.24, 2.45) is 22.7 Å². The summed E-state index contributed by atoms with van der Waals surface area (Å²) in [4.78, 5) is 27.8. The minimum Gasteiger partial charge on any atom is -0.458 e. The number of rotatable bonds is 11. The fourth-order valence-electron chi connectivity index (χ4n) is 8.84. The number of ether oxygens (including phenoxy) is 3. The minimum atomic E-state index is -1.86. The van der Waals surface area contributed by atoms with Crippen LogP contribution < -0.4 is 0 Å². The predicted octanol–water partition coefficient (Wildman–Crippen LogP) is 5.95. The van der Waals surface area contributed by atoms with Crippen molar-refractivity contribution >= 4 is 11.8 Å². The Morgan fingerprint density at radius 1 is 1.02 bits per heavy atom. The summed E-state index contributed by atoms with van der Waals surface area (Å²) in [5.41, 5.74) is -3.14. The zero-order chi connectivity index (χ0) is 29.8. The lowest BCUT2D eigenvalue weighted by Crippen LogP contribution is -2.66. The highest BCUT2D eigenvalue weighted by Crippen LogP contribution is 2.74. The number of hydrogen-bond acceptors (Lipinski definition) is 7. The first-order valence-corrected chi connectivity index (χ1v) is 16.2. The second-order valence-corrected chi connectivity index (χ2v) is 14.5. The monoisotopic (exact) mass is 572 g/mol. The highest BCUT2D eigenvalue weighted by atomic mass is 16.7. The number of aliphatic hydroxyl groups is 2. The van der Waals surface area contributed by atoms with Crippen molar-refractivity contribution in [3.63, 3.8) is 0 Å². The normalized spacial score (nSPS) is 39.9. The topological polar surface area (TPSA) is 102 Å². The van der Waals surface area contributed by atoms with Gasteiger partial charge in [0, 0.05) is 23.7 Å². The third kappa shape index (κ3) is 4.78. The molecule has 2 saturated carbocycles. The van der Waals surface area contributed by atoms with E-state index in [0.29, 0.717) is 24.0 Å². The average Bonchev–Trinajstić information content (AvgIpc) is 3.36. The van der Waals surface area contributed by atoms with Gasteiger partial charge in [0.2, 0.25) is 0 Å². The van der Waals surface area contributed by atoms with Crippen LogP contribution in [0.15, 0.2) is 23.3 Å². The van der Waals surface area contributed by atoms with E-state index in [-0.39, 0.29) is 30.7 Å². The summed E-state index contributed by atoms with van der Waals surface area (Å²) in [6, 6.07) is 0. The highest BCUT2D eigenvalue weighted by molar-refractivity contribution is 5.95. The third-order valence-electron chi connectivity index (χ3n) is 11.2. The van der Waals surface area contributed by atoms with Crippen molar-refractivity contribution in [1.29, 1.82) is 0 Å². The second-order valence-electron chi connectivity index (χ2n) is 14.5. The summed E-state index contributed by atoms with van der Waals surface area (Å²) in [6.07, 6.45) is 13.3. The molecule has 1 spiro atoms. The summed E-state index contributed by atoms with van der Waals surface area (Å²) in [7, 11) is 0. The molecule has 0 unspecified atom stereocenters. The summed E-state index contributed by atoms with van der Waals surface area (Å²) < 4.78 is 18.6. The van der Waals surface area contributed by atoms with Crippen molar-refractivity contribution < 1.29 is 34.0 Å². The molecule has 7 heteroatoms. The number of carbonyl (C=O) groups excluding carboxylic acids is 2. The molecule has 0 aromatic rings. The zero-order valence-corrected chi connectivity index (χ0v) is 26.1. The Bertz CT molecular complexity index is 1100. The van der Waals surface area contributed by atoms with Gasteiger partial charge in [-0.2, -0.15) is 0 Å². The Kier molecular flexibility index (Phi) is 8.19. The number of carbonyl (C=O) groups is 2. The van der Waals surface area contributed by atoms with Crippen molar-refractivity contribution in [1.82, 2.24) is 0 Å². The van der Waals surface area contributed by atoms with Crippen LogP contribution in [0.5, 0.6) is 0 Å². The van der Waals surface area contributed by atoms with Gasteiger partial charge in [-0.25, -0.2) is 0 Å². The predicted molar refractivity (Wildman–Crippen MR) is 156 cm³/mol. The van der Waals surface area contributed by atoms with Gasteiger partial charge in [-0.1, -0.05) is 84.3 Å². The Morgan fingerprint density at radius 3 is 2.32 bits per heavy atom. The van der Waals surface area contributed by atoms with Crippen LogP contribution in [0.2, 0.25) is 0 Å². The van der Waals surface area contributed by atoms with Crippen molar-refractivity contribution in [3.8, 4) is 0 Å². The first-order chi connectivity index (χ1) is 19.3. The van der Waals surface area contributed by atoms with E-state index in [1.807, 2.05) is 6.08 Å². The van der Waals surface area contributed by atoms with Crippen LogP contribution in [-0.4, -0.2) is 57.8 Å². The standard InChI is InChI=1S/C34H52O7/c1-7-8-9-10-11-12-13-14-15-16-25(35)40-33-18-17-32-20-22(2)27(36)34(32,38)29-23(21-39-31(5,6)41-29)19-24(28(32)37)26(33)30(33,3)4/h19-20,24,26-27,29,36,38H,7-18,21H2,1-6H3/t24-,26+,27-,29+,32+,33-,34+/m0/s1. The number of Topliss-reactive ketones (excluding diaryl/α,β-unsaturated/α-hetero) is 1. The molecule has 0 aromatic heterocycles. The van der Waals surface area contributed by atoms with E-state index in [2.05, 4.69) is 20.8 Å². The molecule has 1 saturated heterocycles. The van der Waals surface area contributed by atoms with E-state index in [0.717, 1.165) is 19.3 Å². The molecular formula is C34H52O7. The Balaban J connectivity index is 1.34. The van der Waals surface area contributed by atoms with Gasteiger partial charge in [0.25, 0.3) is 0 Å². The van der Waals surface area contributed by atoms with Crippen molar-refractivity contribution in [2.45, 2.75) is 148 Å². The van der Waals surface area contributed by atoms with E-state index >= 15 is 0 Å². The lowest BCUT2D eigenvalue weighted by Gasteiger charge is -2.50. The quantitative estimate of drug-likeness (QED) is 0.179. The number of fused-ring (bicyclic) bond motifs is 5.